The minimum absolute atomic E-state index is 0.0417. The first-order chi connectivity index (χ1) is 14.1. The molecule has 7 heteroatoms. The first kappa shape index (κ1) is 19.4. The molecule has 5 nitrogen and oxygen atoms in total. The highest BCUT2D eigenvalue weighted by Gasteiger charge is 2.18. The molecule has 0 amide bonds. The predicted molar refractivity (Wildman–Crippen MR) is 116 cm³/mol. The Hall–Kier alpha value is -2.96. The number of rotatable bonds is 6. The SMILES string of the molecule is Cc1ccc(C(=O)CSc2nnc(-c3ccccn3)n2-c2ccc(Cl)cc2)cc1. The summed E-state index contributed by atoms with van der Waals surface area (Å²) in [4.78, 5) is 17.0. The van der Waals surface area contributed by atoms with Crippen LogP contribution in [0.1, 0.15) is 15.9 Å². The third-order valence-electron chi connectivity index (χ3n) is 4.32. The molecule has 2 aromatic carbocycles. The second-order valence-electron chi connectivity index (χ2n) is 6.41. The Bertz CT molecular complexity index is 1130. The Kier molecular flexibility index (Phi) is 5.74. The Morgan fingerprint density at radius 1 is 1.00 bits per heavy atom. The summed E-state index contributed by atoms with van der Waals surface area (Å²) in [7, 11) is 0. The van der Waals surface area contributed by atoms with Gasteiger partial charge in [-0.15, -0.1) is 10.2 Å². The van der Waals surface area contributed by atoms with Crippen LogP contribution < -0.4 is 0 Å². The van der Waals surface area contributed by atoms with Crippen molar-refractivity contribution in [3.05, 3.63) is 89.1 Å². The zero-order chi connectivity index (χ0) is 20.2. The van der Waals surface area contributed by atoms with Crippen molar-refractivity contribution in [1.29, 1.82) is 0 Å². The molecule has 0 N–H and O–H groups in total. The first-order valence-corrected chi connectivity index (χ1v) is 10.3. The summed E-state index contributed by atoms with van der Waals surface area (Å²) in [6.45, 7) is 2.00. The number of carbonyl (C=O) groups is 1. The van der Waals surface area contributed by atoms with Crippen molar-refractivity contribution < 1.29 is 4.79 Å². The van der Waals surface area contributed by atoms with E-state index in [-0.39, 0.29) is 11.5 Å². The van der Waals surface area contributed by atoms with E-state index in [9.17, 15) is 4.79 Å². The number of halogens is 1. The summed E-state index contributed by atoms with van der Waals surface area (Å²) >= 11 is 7.40. The van der Waals surface area contributed by atoms with Crippen LogP contribution in [0.3, 0.4) is 0 Å². The van der Waals surface area contributed by atoms with E-state index in [1.807, 2.05) is 78.2 Å². The van der Waals surface area contributed by atoms with Crippen LogP contribution in [0.5, 0.6) is 0 Å². The van der Waals surface area contributed by atoms with Crippen molar-refractivity contribution in [2.75, 3.05) is 5.75 Å². The zero-order valence-corrected chi connectivity index (χ0v) is 17.2. The van der Waals surface area contributed by atoms with Crippen LogP contribution in [-0.4, -0.2) is 31.3 Å². The van der Waals surface area contributed by atoms with Gasteiger partial charge in [0.05, 0.1) is 5.75 Å². The lowest BCUT2D eigenvalue weighted by atomic mass is 10.1. The number of hydrogen-bond acceptors (Lipinski definition) is 5. The van der Waals surface area contributed by atoms with Crippen LogP contribution in [-0.2, 0) is 0 Å². The van der Waals surface area contributed by atoms with Gasteiger partial charge in [-0.2, -0.15) is 0 Å². The van der Waals surface area contributed by atoms with Crippen molar-refractivity contribution in [1.82, 2.24) is 19.7 Å². The summed E-state index contributed by atoms with van der Waals surface area (Å²) in [6.07, 6.45) is 1.71. The molecule has 0 bridgehead atoms. The van der Waals surface area contributed by atoms with Crippen molar-refractivity contribution in [3.63, 3.8) is 0 Å². The molecule has 2 aromatic heterocycles. The molecule has 0 radical (unpaired) electrons. The second-order valence-corrected chi connectivity index (χ2v) is 7.79. The van der Waals surface area contributed by atoms with E-state index in [1.165, 1.54) is 11.8 Å². The molecule has 0 fully saturated rings. The van der Waals surface area contributed by atoms with E-state index in [4.69, 9.17) is 11.6 Å². The van der Waals surface area contributed by atoms with Gasteiger partial charge in [-0.05, 0) is 43.3 Å². The Morgan fingerprint density at radius 2 is 1.76 bits per heavy atom. The topological polar surface area (TPSA) is 60.7 Å². The molecule has 0 unspecified atom stereocenters. The third kappa shape index (κ3) is 4.39. The number of nitrogens with zero attached hydrogens (tertiary/aromatic N) is 4. The van der Waals surface area contributed by atoms with Gasteiger partial charge in [0, 0.05) is 22.5 Å². The molecule has 0 aliphatic carbocycles. The number of benzene rings is 2. The zero-order valence-electron chi connectivity index (χ0n) is 15.6. The number of pyridine rings is 1. The lowest BCUT2D eigenvalue weighted by Crippen LogP contribution is -2.05. The molecule has 0 atom stereocenters. The van der Waals surface area contributed by atoms with E-state index in [0.717, 1.165) is 11.3 Å². The molecule has 0 saturated heterocycles. The van der Waals surface area contributed by atoms with Crippen molar-refractivity contribution >= 4 is 29.1 Å². The fraction of sp³-hybridized carbons (Fsp3) is 0.0909. The minimum atomic E-state index is 0.0417. The van der Waals surface area contributed by atoms with Crippen LogP contribution in [0.15, 0.2) is 78.1 Å². The van der Waals surface area contributed by atoms with Gasteiger partial charge in [-0.1, -0.05) is 59.3 Å². The molecule has 4 aromatic rings. The van der Waals surface area contributed by atoms with E-state index in [1.54, 1.807) is 6.20 Å². The Balaban J connectivity index is 1.66. The van der Waals surface area contributed by atoms with Crippen molar-refractivity contribution in [3.8, 4) is 17.2 Å². The molecule has 29 heavy (non-hydrogen) atoms. The predicted octanol–water partition coefficient (Wildman–Crippen LogP) is 5.27. The average Bonchev–Trinajstić information content (AvgIpc) is 3.17. The van der Waals surface area contributed by atoms with Crippen LogP contribution in [0, 0.1) is 6.92 Å². The third-order valence-corrected chi connectivity index (χ3v) is 5.50. The monoisotopic (exact) mass is 420 g/mol. The molecule has 0 saturated carbocycles. The smallest absolute Gasteiger partial charge is 0.196 e. The molecule has 0 spiro atoms. The number of aryl methyl sites for hydroxylation is 1. The number of Topliss-reactive ketones (excluding diaryl/α,β-unsaturated/α-hetero) is 1. The summed E-state index contributed by atoms with van der Waals surface area (Å²) in [5, 5.41) is 9.92. The number of aromatic nitrogens is 4. The maximum Gasteiger partial charge on any atom is 0.196 e. The highest BCUT2D eigenvalue weighted by molar-refractivity contribution is 7.99. The van der Waals surface area contributed by atoms with E-state index >= 15 is 0 Å². The van der Waals surface area contributed by atoms with Crippen molar-refractivity contribution in [2.24, 2.45) is 0 Å². The van der Waals surface area contributed by atoms with E-state index in [2.05, 4.69) is 15.2 Å². The fourth-order valence-electron chi connectivity index (χ4n) is 2.80. The number of thioether (sulfide) groups is 1. The van der Waals surface area contributed by atoms with E-state index < -0.39 is 0 Å². The quantitative estimate of drug-likeness (QED) is 0.314. The summed E-state index contributed by atoms with van der Waals surface area (Å²) in [5.74, 6) is 0.912. The lowest BCUT2D eigenvalue weighted by molar-refractivity contribution is 0.102. The molecule has 2 heterocycles. The fourth-order valence-corrected chi connectivity index (χ4v) is 3.77. The maximum atomic E-state index is 12.6. The maximum absolute atomic E-state index is 12.6. The lowest BCUT2D eigenvalue weighted by Gasteiger charge is -2.10. The highest BCUT2D eigenvalue weighted by Crippen LogP contribution is 2.28. The highest BCUT2D eigenvalue weighted by atomic mass is 35.5. The summed E-state index contributed by atoms with van der Waals surface area (Å²) in [5.41, 5.74) is 3.36. The van der Waals surface area contributed by atoms with Crippen LogP contribution in [0.25, 0.3) is 17.2 Å². The van der Waals surface area contributed by atoms with Gasteiger partial charge in [-0.3, -0.25) is 14.3 Å². The normalized spacial score (nSPS) is 10.8. The van der Waals surface area contributed by atoms with Gasteiger partial charge in [0.1, 0.15) is 5.69 Å². The molecule has 4 rings (SSSR count). The summed E-state index contributed by atoms with van der Waals surface area (Å²) < 4.78 is 1.89. The standard InChI is InChI=1S/C22H17ClN4OS/c1-15-5-7-16(8-6-15)20(28)14-29-22-26-25-21(19-4-2-3-13-24-19)27(22)18-11-9-17(23)10-12-18/h2-13H,14H2,1H3. The van der Waals surface area contributed by atoms with E-state index in [0.29, 0.717) is 27.3 Å². The van der Waals surface area contributed by atoms with Crippen LogP contribution in [0.4, 0.5) is 0 Å². The van der Waals surface area contributed by atoms with Gasteiger partial charge in [-0.25, -0.2) is 0 Å². The Labute approximate surface area is 177 Å². The molecule has 0 aliphatic heterocycles. The molecular formula is C22H17ClN4OS. The van der Waals surface area contributed by atoms with Crippen LogP contribution >= 0.6 is 23.4 Å². The Morgan fingerprint density at radius 3 is 2.45 bits per heavy atom. The average molecular weight is 421 g/mol. The molecule has 144 valence electrons. The van der Waals surface area contributed by atoms with Gasteiger partial charge in [0.15, 0.2) is 16.8 Å². The number of carbonyl (C=O) groups excluding carboxylic acids is 1. The number of ketones is 1. The molecule has 0 aliphatic rings. The van der Waals surface area contributed by atoms with Gasteiger partial charge < -0.3 is 0 Å². The first-order valence-electron chi connectivity index (χ1n) is 8.97. The van der Waals surface area contributed by atoms with Crippen molar-refractivity contribution in [2.45, 2.75) is 12.1 Å². The second kappa shape index (κ2) is 8.59. The number of hydrogen-bond donors (Lipinski definition) is 0. The summed E-state index contributed by atoms with van der Waals surface area (Å²) in [6, 6.07) is 20.6. The van der Waals surface area contributed by atoms with Gasteiger partial charge in [0.2, 0.25) is 0 Å². The van der Waals surface area contributed by atoms with Gasteiger partial charge >= 0.3 is 0 Å². The van der Waals surface area contributed by atoms with Crippen LogP contribution in [0.2, 0.25) is 5.02 Å². The molecular weight excluding hydrogens is 404 g/mol. The largest absolute Gasteiger partial charge is 0.293 e. The van der Waals surface area contributed by atoms with Gasteiger partial charge in [0.25, 0.3) is 0 Å². The minimum Gasteiger partial charge on any atom is -0.293 e.